The van der Waals surface area contributed by atoms with Crippen molar-refractivity contribution in [2.24, 2.45) is 11.8 Å². The largest absolute Gasteiger partial charge is 0.481 e. The van der Waals surface area contributed by atoms with Gasteiger partial charge in [0.2, 0.25) is 5.91 Å². The van der Waals surface area contributed by atoms with E-state index < -0.39 is 11.9 Å². The lowest BCUT2D eigenvalue weighted by Gasteiger charge is -2.18. The van der Waals surface area contributed by atoms with Gasteiger partial charge in [0.05, 0.1) is 11.8 Å². The molecule has 0 aromatic rings. The highest BCUT2D eigenvalue weighted by Gasteiger charge is 2.37. The lowest BCUT2D eigenvalue weighted by Crippen LogP contribution is -2.39. The number of hydrogen-bond donors (Lipinski definition) is 2. The van der Waals surface area contributed by atoms with E-state index in [4.69, 9.17) is 5.11 Å². The minimum absolute atomic E-state index is 0.0887. The van der Waals surface area contributed by atoms with E-state index in [1.165, 1.54) is 0 Å². The van der Waals surface area contributed by atoms with Gasteiger partial charge in [0.25, 0.3) is 0 Å². The van der Waals surface area contributed by atoms with E-state index in [-0.39, 0.29) is 17.9 Å². The van der Waals surface area contributed by atoms with E-state index in [0.29, 0.717) is 12.8 Å². The molecule has 3 atom stereocenters. The number of carboxylic acids is 1. The summed E-state index contributed by atoms with van der Waals surface area (Å²) < 4.78 is 0. The molecule has 1 amide bonds. The number of carboxylic acid groups (broad SMARTS) is 1. The average molecular weight is 213 g/mol. The zero-order chi connectivity index (χ0) is 11.4. The van der Waals surface area contributed by atoms with Crippen LogP contribution in [0.15, 0.2) is 0 Å². The molecule has 15 heavy (non-hydrogen) atoms. The van der Waals surface area contributed by atoms with Gasteiger partial charge in [0.15, 0.2) is 0 Å². The van der Waals surface area contributed by atoms with Crippen LogP contribution in [0.4, 0.5) is 0 Å². The Morgan fingerprint density at radius 1 is 1.40 bits per heavy atom. The molecule has 1 aliphatic carbocycles. The number of hydrogen-bond acceptors (Lipinski definition) is 2. The second kappa shape index (κ2) is 5.14. The molecule has 1 aliphatic rings. The van der Waals surface area contributed by atoms with Crippen molar-refractivity contribution in [3.63, 3.8) is 0 Å². The van der Waals surface area contributed by atoms with Crippen molar-refractivity contribution < 1.29 is 14.7 Å². The van der Waals surface area contributed by atoms with E-state index >= 15 is 0 Å². The molecule has 4 heteroatoms. The summed E-state index contributed by atoms with van der Waals surface area (Å²) in [6, 6.07) is 0.132. The summed E-state index contributed by atoms with van der Waals surface area (Å²) in [4.78, 5) is 22.6. The maximum absolute atomic E-state index is 11.8. The molecule has 1 fully saturated rings. The summed E-state index contributed by atoms with van der Waals surface area (Å²) in [5.74, 6) is -1.73. The first-order valence-electron chi connectivity index (χ1n) is 5.59. The van der Waals surface area contributed by atoms with Gasteiger partial charge in [-0.2, -0.15) is 0 Å². The van der Waals surface area contributed by atoms with E-state index in [0.717, 1.165) is 12.8 Å². The molecule has 0 aromatic heterocycles. The Hall–Kier alpha value is -1.06. The normalized spacial score (nSPS) is 27.3. The predicted molar refractivity (Wildman–Crippen MR) is 56.4 cm³/mol. The number of carbonyl (C=O) groups excluding carboxylic acids is 1. The second-order valence-corrected chi connectivity index (χ2v) is 4.30. The van der Waals surface area contributed by atoms with Crippen LogP contribution in [0, 0.1) is 11.8 Å². The van der Waals surface area contributed by atoms with Crippen LogP contribution in [-0.2, 0) is 9.59 Å². The van der Waals surface area contributed by atoms with Crippen molar-refractivity contribution in [1.29, 1.82) is 0 Å². The molecular weight excluding hydrogens is 194 g/mol. The molecule has 0 radical (unpaired) electrons. The van der Waals surface area contributed by atoms with Crippen molar-refractivity contribution in [2.45, 2.75) is 45.6 Å². The highest BCUT2D eigenvalue weighted by atomic mass is 16.4. The lowest BCUT2D eigenvalue weighted by molar-refractivity contribution is -0.146. The van der Waals surface area contributed by atoms with Crippen molar-refractivity contribution in [2.75, 3.05) is 0 Å². The Morgan fingerprint density at radius 3 is 2.53 bits per heavy atom. The molecule has 0 spiro atoms. The van der Waals surface area contributed by atoms with Crippen LogP contribution in [-0.4, -0.2) is 23.0 Å². The van der Waals surface area contributed by atoms with E-state index in [1.54, 1.807) is 0 Å². The van der Waals surface area contributed by atoms with Gasteiger partial charge in [-0.25, -0.2) is 0 Å². The smallest absolute Gasteiger partial charge is 0.307 e. The minimum Gasteiger partial charge on any atom is -0.481 e. The van der Waals surface area contributed by atoms with Gasteiger partial charge in [-0.3, -0.25) is 9.59 Å². The molecule has 4 nitrogen and oxygen atoms in total. The molecule has 0 heterocycles. The van der Waals surface area contributed by atoms with Gasteiger partial charge in [-0.05, 0) is 26.2 Å². The second-order valence-electron chi connectivity index (χ2n) is 4.30. The number of carbonyl (C=O) groups is 2. The van der Waals surface area contributed by atoms with Crippen LogP contribution in [0.3, 0.4) is 0 Å². The van der Waals surface area contributed by atoms with E-state index in [1.807, 2.05) is 13.8 Å². The third-order valence-electron chi connectivity index (χ3n) is 3.17. The number of aliphatic carboxylic acids is 1. The fraction of sp³-hybridized carbons (Fsp3) is 0.818. The van der Waals surface area contributed by atoms with Gasteiger partial charge in [-0.15, -0.1) is 0 Å². The quantitative estimate of drug-likeness (QED) is 0.741. The molecule has 0 bridgehead atoms. The number of nitrogens with one attached hydrogen (secondary N) is 1. The minimum atomic E-state index is -0.836. The Morgan fingerprint density at radius 2 is 2.00 bits per heavy atom. The molecule has 1 saturated carbocycles. The third-order valence-corrected chi connectivity index (χ3v) is 3.17. The summed E-state index contributed by atoms with van der Waals surface area (Å²) in [5.41, 5.74) is 0. The first-order valence-corrected chi connectivity index (χ1v) is 5.59. The summed E-state index contributed by atoms with van der Waals surface area (Å²) >= 11 is 0. The number of rotatable bonds is 4. The summed E-state index contributed by atoms with van der Waals surface area (Å²) in [6.45, 7) is 3.93. The maximum Gasteiger partial charge on any atom is 0.307 e. The van der Waals surface area contributed by atoms with Gasteiger partial charge in [0.1, 0.15) is 0 Å². The fourth-order valence-electron chi connectivity index (χ4n) is 2.02. The van der Waals surface area contributed by atoms with Crippen molar-refractivity contribution in [3.8, 4) is 0 Å². The Kier molecular flexibility index (Phi) is 4.12. The first-order chi connectivity index (χ1) is 7.06. The first kappa shape index (κ1) is 12.0. The molecule has 86 valence electrons. The standard InChI is InChI=1S/C11H19NO3/c1-3-7(2)12-10(13)8-5-4-6-9(8)11(14)15/h7-9H,3-6H2,1-2H3,(H,12,13)(H,14,15). The number of amides is 1. The van der Waals surface area contributed by atoms with Gasteiger partial charge >= 0.3 is 5.97 Å². The predicted octanol–water partition coefficient (Wildman–Crippen LogP) is 1.40. The molecule has 3 unspecified atom stereocenters. The molecule has 0 saturated heterocycles. The van der Waals surface area contributed by atoms with Gasteiger partial charge < -0.3 is 10.4 Å². The van der Waals surface area contributed by atoms with E-state index in [2.05, 4.69) is 5.32 Å². The van der Waals surface area contributed by atoms with Gasteiger partial charge in [0, 0.05) is 6.04 Å². The Bertz CT molecular complexity index is 252. The SMILES string of the molecule is CCC(C)NC(=O)C1CCCC1C(=O)O. The summed E-state index contributed by atoms with van der Waals surface area (Å²) in [6.07, 6.45) is 3.05. The van der Waals surface area contributed by atoms with Crippen LogP contribution in [0.1, 0.15) is 39.5 Å². The fourth-order valence-corrected chi connectivity index (χ4v) is 2.02. The molecule has 0 aliphatic heterocycles. The molecule has 2 N–H and O–H groups in total. The monoisotopic (exact) mass is 213 g/mol. The molecular formula is C11H19NO3. The summed E-state index contributed by atoms with van der Waals surface area (Å²) in [5, 5.41) is 11.8. The van der Waals surface area contributed by atoms with Crippen LogP contribution in [0.5, 0.6) is 0 Å². The topological polar surface area (TPSA) is 66.4 Å². The van der Waals surface area contributed by atoms with Crippen LogP contribution in [0.25, 0.3) is 0 Å². The van der Waals surface area contributed by atoms with E-state index in [9.17, 15) is 9.59 Å². The van der Waals surface area contributed by atoms with Crippen molar-refractivity contribution in [1.82, 2.24) is 5.32 Å². The lowest BCUT2D eigenvalue weighted by atomic mass is 9.95. The van der Waals surface area contributed by atoms with Crippen LogP contribution >= 0.6 is 0 Å². The zero-order valence-corrected chi connectivity index (χ0v) is 9.32. The van der Waals surface area contributed by atoms with Crippen LogP contribution < -0.4 is 5.32 Å². The molecule has 1 rings (SSSR count). The Balaban J connectivity index is 2.55. The average Bonchev–Trinajstić information content (AvgIpc) is 2.65. The van der Waals surface area contributed by atoms with Crippen LogP contribution in [0.2, 0.25) is 0 Å². The maximum atomic E-state index is 11.8. The zero-order valence-electron chi connectivity index (χ0n) is 9.32. The summed E-state index contributed by atoms with van der Waals surface area (Å²) in [7, 11) is 0. The van der Waals surface area contributed by atoms with Gasteiger partial charge in [-0.1, -0.05) is 13.3 Å². The highest BCUT2D eigenvalue weighted by Crippen LogP contribution is 2.32. The Labute approximate surface area is 90.0 Å². The third kappa shape index (κ3) is 2.94. The van der Waals surface area contributed by atoms with Crippen molar-refractivity contribution in [3.05, 3.63) is 0 Å². The van der Waals surface area contributed by atoms with Crippen molar-refractivity contribution >= 4 is 11.9 Å². The molecule has 0 aromatic carbocycles. The highest BCUT2D eigenvalue weighted by molar-refractivity contribution is 5.85.